The van der Waals surface area contributed by atoms with Gasteiger partial charge >= 0.3 is 0 Å². The summed E-state index contributed by atoms with van der Waals surface area (Å²) in [5.74, 6) is 1.31. The van der Waals surface area contributed by atoms with E-state index in [1.165, 1.54) is 49.0 Å². The Morgan fingerprint density at radius 1 is 1.16 bits per heavy atom. The van der Waals surface area contributed by atoms with E-state index in [0.29, 0.717) is 16.6 Å². The van der Waals surface area contributed by atoms with E-state index in [0.717, 1.165) is 28.0 Å². The van der Waals surface area contributed by atoms with E-state index in [2.05, 4.69) is 34.6 Å². The number of rotatable bonds is 6. The van der Waals surface area contributed by atoms with E-state index in [9.17, 15) is 4.79 Å². The number of ether oxygens (including phenoxy) is 1. The summed E-state index contributed by atoms with van der Waals surface area (Å²) in [6.45, 7) is 0. The van der Waals surface area contributed by atoms with Gasteiger partial charge in [0.15, 0.2) is 5.13 Å². The zero-order valence-electron chi connectivity index (χ0n) is 18.1. The molecule has 1 aliphatic rings. The summed E-state index contributed by atoms with van der Waals surface area (Å²) in [5, 5.41) is 6.44. The normalized spacial score (nSPS) is 14.5. The molecule has 2 aromatic carbocycles. The first kappa shape index (κ1) is 20.8. The number of nitrogens with zero attached hydrogens (tertiary/aromatic N) is 1. The number of hydrogen-bond acceptors (Lipinski definition) is 5. The van der Waals surface area contributed by atoms with E-state index in [-0.39, 0.29) is 12.3 Å². The molecule has 0 atom stereocenters. The zero-order valence-corrected chi connectivity index (χ0v) is 18.9. The van der Waals surface area contributed by atoms with Crippen LogP contribution in [0.1, 0.15) is 49.1 Å². The minimum Gasteiger partial charge on any atom is -0.497 e. The number of carbonyl (C=O) groups is 1. The lowest BCUT2D eigenvalue weighted by Gasteiger charge is -2.22. The maximum atomic E-state index is 12.6. The van der Waals surface area contributed by atoms with Crippen molar-refractivity contribution >= 4 is 33.3 Å². The quantitative estimate of drug-likeness (QED) is 0.354. The minimum atomic E-state index is -0.114. The largest absolute Gasteiger partial charge is 0.497 e. The van der Waals surface area contributed by atoms with Crippen LogP contribution in [0, 0.1) is 0 Å². The van der Waals surface area contributed by atoms with Crippen molar-refractivity contribution in [3.05, 3.63) is 65.2 Å². The fourth-order valence-electron chi connectivity index (χ4n) is 4.49. The summed E-state index contributed by atoms with van der Waals surface area (Å²) in [6, 6.07) is 14.4. The highest BCUT2D eigenvalue weighted by Crippen LogP contribution is 2.34. The molecule has 0 saturated heterocycles. The van der Waals surface area contributed by atoms with Crippen LogP contribution in [0.2, 0.25) is 0 Å². The van der Waals surface area contributed by atoms with Gasteiger partial charge in [0.2, 0.25) is 5.91 Å². The smallest absolute Gasteiger partial charge is 0.230 e. The fraction of sp³-hybridized carbons (Fsp3) is 0.308. The molecule has 2 heterocycles. The Morgan fingerprint density at radius 2 is 1.97 bits per heavy atom. The Morgan fingerprint density at radius 3 is 2.75 bits per heavy atom. The summed E-state index contributed by atoms with van der Waals surface area (Å²) >= 11 is 1.44. The number of anilines is 1. The molecule has 32 heavy (non-hydrogen) atoms. The highest BCUT2D eigenvalue weighted by Gasteiger charge is 2.16. The topological polar surface area (TPSA) is 64.4 Å². The number of nitrogens with one attached hydrogen (secondary N) is 1. The molecule has 0 aliphatic heterocycles. The van der Waals surface area contributed by atoms with Gasteiger partial charge in [-0.2, -0.15) is 0 Å². The fourth-order valence-corrected chi connectivity index (χ4v) is 5.23. The molecule has 1 aliphatic carbocycles. The van der Waals surface area contributed by atoms with Crippen LogP contribution in [-0.2, 0) is 11.2 Å². The Labute approximate surface area is 191 Å². The average Bonchev–Trinajstić information content (AvgIpc) is 3.46. The number of thiazole rings is 1. The summed E-state index contributed by atoms with van der Waals surface area (Å²) in [4.78, 5) is 17.2. The third kappa shape index (κ3) is 4.41. The predicted octanol–water partition coefficient (Wildman–Crippen LogP) is 6.79. The predicted molar refractivity (Wildman–Crippen MR) is 128 cm³/mol. The van der Waals surface area contributed by atoms with E-state index < -0.39 is 0 Å². The van der Waals surface area contributed by atoms with Crippen molar-refractivity contribution in [2.45, 2.75) is 44.4 Å². The van der Waals surface area contributed by atoms with Crippen molar-refractivity contribution in [3.63, 3.8) is 0 Å². The second kappa shape index (κ2) is 9.17. The van der Waals surface area contributed by atoms with Crippen molar-refractivity contribution in [1.29, 1.82) is 0 Å². The van der Waals surface area contributed by atoms with Crippen molar-refractivity contribution < 1.29 is 13.9 Å². The van der Waals surface area contributed by atoms with Gasteiger partial charge in [-0.25, -0.2) is 4.98 Å². The summed E-state index contributed by atoms with van der Waals surface area (Å²) in [5.41, 5.74) is 4.95. The molecule has 1 fully saturated rings. The van der Waals surface area contributed by atoms with E-state index in [4.69, 9.17) is 9.15 Å². The molecular formula is C26H26N2O3S. The van der Waals surface area contributed by atoms with E-state index in [1.807, 2.05) is 23.6 Å². The third-order valence-electron chi connectivity index (χ3n) is 6.25. The van der Waals surface area contributed by atoms with E-state index >= 15 is 0 Å². The zero-order chi connectivity index (χ0) is 21.9. The number of amides is 1. The molecule has 0 unspecified atom stereocenters. The maximum absolute atomic E-state index is 12.6. The van der Waals surface area contributed by atoms with Gasteiger partial charge in [-0.05, 0) is 36.5 Å². The van der Waals surface area contributed by atoms with Crippen LogP contribution in [0.3, 0.4) is 0 Å². The number of carbonyl (C=O) groups excluding carboxylic acids is 1. The molecule has 1 amide bonds. The maximum Gasteiger partial charge on any atom is 0.230 e. The first-order valence-corrected chi connectivity index (χ1v) is 12.0. The highest BCUT2D eigenvalue weighted by molar-refractivity contribution is 7.14. The van der Waals surface area contributed by atoms with Gasteiger partial charge < -0.3 is 14.5 Å². The molecule has 5 nitrogen and oxygen atoms in total. The Bertz CT molecular complexity index is 1220. The van der Waals surface area contributed by atoms with Crippen molar-refractivity contribution in [2.24, 2.45) is 0 Å². The number of furan rings is 1. The number of hydrogen-bond donors (Lipinski definition) is 1. The van der Waals surface area contributed by atoms with Crippen LogP contribution in [0.15, 0.2) is 58.5 Å². The molecule has 0 bridgehead atoms. The summed E-state index contributed by atoms with van der Waals surface area (Å²) in [6.07, 6.45) is 8.49. The molecule has 1 saturated carbocycles. The number of fused-ring (bicyclic) bond motifs is 1. The highest BCUT2D eigenvalue weighted by atomic mass is 32.1. The third-order valence-corrected chi connectivity index (χ3v) is 7.01. The number of benzene rings is 2. The van der Waals surface area contributed by atoms with Crippen molar-refractivity contribution in [3.8, 4) is 17.0 Å². The molecule has 0 radical (unpaired) electrons. The van der Waals surface area contributed by atoms with Gasteiger partial charge in [0.25, 0.3) is 0 Å². The number of aromatic nitrogens is 1. The monoisotopic (exact) mass is 446 g/mol. The molecular weight excluding hydrogens is 420 g/mol. The SMILES string of the molecule is COc1ccc2c(CC(=O)Nc3nc(-c4ccc(C5CCCCC5)cc4)cs3)coc2c1. The van der Waals surface area contributed by atoms with Gasteiger partial charge in [0, 0.05) is 28.0 Å². The molecule has 5 rings (SSSR count). The Kier molecular flexibility index (Phi) is 5.95. The van der Waals surface area contributed by atoms with Gasteiger partial charge in [0.1, 0.15) is 11.3 Å². The lowest BCUT2D eigenvalue weighted by atomic mass is 9.84. The Balaban J connectivity index is 1.23. The number of methoxy groups -OCH3 is 1. The lowest BCUT2D eigenvalue weighted by Crippen LogP contribution is -2.13. The minimum absolute atomic E-state index is 0.114. The van der Waals surface area contributed by atoms with Crippen LogP contribution in [-0.4, -0.2) is 18.0 Å². The first-order chi connectivity index (χ1) is 15.7. The summed E-state index contributed by atoms with van der Waals surface area (Å²) in [7, 11) is 1.62. The van der Waals surface area contributed by atoms with Gasteiger partial charge in [-0.1, -0.05) is 43.5 Å². The first-order valence-electron chi connectivity index (χ1n) is 11.1. The van der Waals surface area contributed by atoms with E-state index in [1.54, 1.807) is 13.4 Å². The van der Waals surface area contributed by atoms with Gasteiger partial charge in [-0.3, -0.25) is 4.79 Å². The van der Waals surface area contributed by atoms with Crippen molar-refractivity contribution in [2.75, 3.05) is 12.4 Å². The summed E-state index contributed by atoms with van der Waals surface area (Å²) < 4.78 is 10.8. The molecule has 2 aromatic heterocycles. The molecule has 4 aromatic rings. The van der Waals surface area contributed by atoms with Crippen molar-refractivity contribution in [1.82, 2.24) is 4.98 Å². The standard InChI is InChI=1S/C26H26N2O3S/c1-30-21-11-12-22-20(15-31-24(22)14-21)13-25(29)28-26-27-23(16-32-26)19-9-7-18(8-10-19)17-5-3-2-4-6-17/h7-12,14-17H,2-6,13H2,1H3,(H,27,28,29). The van der Waals surface area contributed by atoms with Crippen LogP contribution in [0.4, 0.5) is 5.13 Å². The second-order valence-corrected chi connectivity index (χ2v) is 9.20. The van der Waals surface area contributed by atoms with Crippen LogP contribution < -0.4 is 10.1 Å². The molecule has 164 valence electrons. The van der Waals surface area contributed by atoms with Crippen LogP contribution >= 0.6 is 11.3 Å². The second-order valence-electron chi connectivity index (χ2n) is 8.34. The Hall–Kier alpha value is -3.12. The van der Waals surface area contributed by atoms with Gasteiger partial charge in [0.05, 0.1) is 25.5 Å². The van der Waals surface area contributed by atoms with Crippen LogP contribution in [0.25, 0.3) is 22.2 Å². The van der Waals surface area contributed by atoms with Gasteiger partial charge in [-0.15, -0.1) is 11.3 Å². The molecule has 0 spiro atoms. The molecule has 1 N–H and O–H groups in total. The lowest BCUT2D eigenvalue weighted by molar-refractivity contribution is -0.115. The average molecular weight is 447 g/mol. The van der Waals surface area contributed by atoms with Crippen LogP contribution in [0.5, 0.6) is 5.75 Å². The molecule has 6 heteroatoms.